The molecule has 0 radical (unpaired) electrons. The number of amides is 7. The zero-order valence-electron chi connectivity index (χ0n) is 42.9. The fraction of sp³-hybridized carbons (Fsp3) is 0.333. The molecule has 0 saturated carbocycles. The Hall–Kier alpha value is -8.06. The number of carbonyl (C=O) groups is 8. The van der Waals surface area contributed by atoms with Gasteiger partial charge in [-0.2, -0.15) is 23.5 Å². The number of phenolic OH excluding ortho intramolecular Hbond substituents is 2. The Morgan fingerprint density at radius 2 is 0.962 bits per heavy atom. The second-order valence-electron chi connectivity index (χ2n) is 18.4. The fourth-order valence-corrected chi connectivity index (χ4v) is 9.33. The van der Waals surface area contributed by atoms with Crippen molar-refractivity contribution in [3.63, 3.8) is 0 Å². The van der Waals surface area contributed by atoms with Gasteiger partial charge in [0, 0.05) is 53.5 Å². The SMILES string of the molecule is CSCC[C@@H](NC(=O)CNC(=O)[C@H](Cc1c[nH]c2ccccc12)NNC(=O)[C@H](Cc1c[nH]c2ccccc12)NC(=O)CNC(=O)[C@@H](CCSC)NC(=O)[C@@H](N)Cc1ccc(O)cc1)C(=O)N[C@@H](Cc1ccc(O)cc1)C(=O)O. The lowest BCUT2D eigenvalue weighted by Gasteiger charge is -2.24. The van der Waals surface area contributed by atoms with Gasteiger partial charge in [0.05, 0.1) is 19.1 Å². The molecule has 6 aromatic rings. The summed E-state index contributed by atoms with van der Waals surface area (Å²) in [5, 5.41) is 46.4. The van der Waals surface area contributed by atoms with Crippen LogP contribution in [-0.2, 0) is 64.0 Å². The number of aliphatic carboxylic acids is 1. The highest BCUT2D eigenvalue weighted by Crippen LogP contribution is 2.21. The maximum Gasteiger partial charge on any atom is 0.326 e. The summed E-state index contributed by atoms with van der Waals surface area (Å²) in [6, 6.07) is 19.6. The second kappa shape index (κ2) is 29.5. The van der Waals surface area contributed by atoms with Gasteiger partial charge in [-0.3, -0.25) is 39.0 Å². The molecule has 2 aromatic heterocycles. The number of aromatic amines is 2. The lowest BCUT2D eigenvalue weighted by atomic mass is 10.0. The first-order valence-electron chi connectivity index (χ1n) is 24.9. The quantitative estimate of drug-likeness (QED) is 0.0284. The van der Waals surface area contributed by atoms with Crippen molar-refractivity contribution in [3.05, 3.63) is 132 Å². The molecule has 15 N–H and O–H groups in total. The van der Waals surface area contributed by atoms with Crippen molar-refractivity contribution in [2.75, 3.05) is 37.1 Å². The monoisotopic (exact) mass is 1110 g/mol. The highest BCUT2D eigenvalue weighted by molar-refractivity contribution is 7.98. The predicted octanol–water partition coefficient (Wildman–Crippen LogP) is 1.41. The van der Waals surface area contributed by atoms with Gasteiger partial charge in [-0.1, -0.05) is 60.7 Å². The summed E-state index contributed by atoms with van der Waals surface area (Å²) in [6.45, 7) is -1.19. The first-order valence-corrected chi connectivity index (χ1v) is 27.7. The molecule has 0 bridgehead atoms. The predicted molar refractivity (Wildman–Crippen MR) is 298 cm³/mol. The van der Waals surface area contributed by atoms with E-state index in [0.717, 1.165) is 21.8 Å². The second-order valence-corrected chi connectivity index (χ2v) is 20.3. The summed E-state index contributed by atoms with van der Waals surface area (Å²) < 4.78 is 0. The number of carboxylic acids is 1. The van der Waals surface area contributed by atoms with E-state index >= 15 is 0 Å². The molecule has 2 heterocycles. The van der Waals surface area contributed by atoms with E-state index < -0.39 is 96.7 Å². The minimum Gasteiger partial charge on any atom is -0.508 e. The Morgan fingerprint density at radius 1 is 0.513 bits per heavy atom. The maximum absolute atomic E-state index is 14.3. The molecule has 0 unspecified atom stereocenters. The molecule has 0 aliphatic rings. The number of phenols is 2. The number of nitrogens with one attached hydrogen (secondary N) is 10. The standard InChI is InChI=1S/C54H65N11O11S2/c1-77-21-19-42(62-49(70)39(55)23-31-11-15-35(66)16-12-31)50(71)58-30-48(69)61-44(25-33-27-56-40-9-5-3-7-37(33)40)53(74)65-64-45(26-34-28-57-41-10-6-4-8-38(34)41)51(72)59-29-47(68)60-43(20-22-78-2)52(73)63-46(54(75)76)24-32-13-17-36(67)18-14-32/h3-18,27-28,39,42-46,56-57,64,66-67H,19-26,29-30,55H2,1-2H3,(H,58,71)(H,59,72)(H,60,68)(H,61,69)(H,62,70)(H,63,73)(H,65,74)(H,75,76)/t39-,42+,43+,44-,45-,46-/m0/s1. The molecule has 0 fully saturated rings. The van der Waals surface area contributed by atoms with E-state index in [0.29, 0.717) is 33.8 Å². The first kappa shape index (κ1) is 59.2. The number of hydrogen-bond acceptors (Lipinski definition) is 14. The van der Waals surface area contributed by atoms with Gasteiger partial charge in [0.2, 0.25) is 35.4 Å². The number of hydrogen-bond donors (Lipinski definition) is 14. The minimum absolute atomic E-state index is 0.0106. The number of carbonyl (C=O) groups excluding carboxylic acids is 7. The Labute approximate surface area is 458 Å². The highest BCUT2D eigenvalue weighted by Gasteiger charge is 2.30. The van der Waals surface area contributed by atoms with Crippen molar-refractivity contribution in [1.82, 2.24) is 52.7 Å². The van der Waals surface area contributed by atoms with Crippen LogP contribution < -0.4 is 48.5 Å². The molecular weight excluding hydrogens is 1040 g/mol. The summed E-state index contributed by atoms with van der Waals surface area (Å²) in [6.07, 6.45) is 7.37. The fourth-order valence-electron chi connectivity index (χ4n) is 8.38. The van der Waals surface area contributed by atoms with Gasteiger partial charge in [-0.15, -0.1) is 0 Å². The first-order chi connectivity index (χ1) is 37.5. The minimum atomic E-state index is -1.36. The molecule has 0 aliphatic carbocycles. The van der Waals surface area contributed by atoms with E-state index in [9.17, 15) is 53.7 Å². The van der Waals surface area contributed by atoms with Crippen LogP contribution in [-0.4, -0.2) is 146 Å². The van der Waals surface area contributed by atoms with Crippen LogP contribution in [0.15, 0.2) is 109 Å². The summed E-state index contributed by atoms with van der Waals surface area (Å²) in [7, 11) is 0. The molecule has 0 aliphatic heterocycles. The number of H-pyrrole nitrogens is 2. The molecule has 22 nitrogen and oxygen atoms in total. The molecular formula is C54H65N11O11S2. The normalized spacial score (nSPS) is 13.5. The summed E-state index contributed by atoms with van der Waals surface area (Å²) in [4.78, 5) is 114. The number of hydrazine groups is 1. The van der Waals surface area contributed by atoms with Gasteiger partial charge in [0.1, 0.15) is 41.7 Å². The van der Waals surface area contributed by atoms with E-state index in [-0.39, 0.29) is 50.0 Å². The third-order valence-corrected chi connectivity index (χ3v) is 13.9. The van der Waals surface area contributed by atoms with Gasteiger partial charge >= 0.3 is 5.97 Å². The van der Waals surface area contributed by atoms with E-state index in [1.165, 1.54) is 59.9 Å². The van der Waals surface area contributed by atoms with Crippen LogP contribution in [0.3, 0.4) is 0 Å². The third-order valence-electron chi connectivity index (χ3n) is 12.6. The number of benzene rings is 4. The van der Waals surface area contributed by atoms with Gasteiger partial charge < -0.3 is 62.9 Å². The Kier molecular flexibility index (Phi) is 22.4. The molecule has 0 saturated heterocycles. The number of fused-ring (bicyclic) bond motifs is 2. The molecule has 6 atom stereocenters. The molecule has 7 amide bonds. The van der Waals surface area contributed by atoms with Crippen molar-refractivity contribution < 1.29 is 53.7 Å². The molecule has 414 valence electrons. The smallest absolute Gasteiger partial charge is 0.326 e. The number of aromatic hydroxyl groups is 2. The van der Waals surface area contributed by atoms with Crippen LogP contribution in [0.5, 0.6) is 11.5 Å². The van der Waals surface area contributed by atoms with Crippen LogP contribution in [0, 0.1) is 0 Å². The molecule has 78 heavy (non-hydrogen) atoms. The Balaban J connectivity index is 1.13. The zero-order chi connectivity index (χ0) is 56.1. The lowest BCUT2D eigenvalue weighted by Crippen LogP contribution is -2.59. The van der Waals surface area contributed by atoms with Crippen molar-refractivity contribution in [3.8, 4) is 11.5 Å². The van der Waals surface area contributed by atoms with Gasteiger partial charge in [0.15, 0.2) is 0 Å². The van der Waals surface area contributed by atoms with Gasteiger partial charge in [0.25, 0.3) is 5.91 Å². The zero-order valence-corrected chi connectivity index (χ0v) is 44.6. The number of rotatable bonds is 30. The largest absolute Gasteiger partial charge is 0.508 e. The number of nitrogens with two attached hydrogens (primary N) is 1. The highest BCUT2D eigenvalue weighted by atomic mass is 32.2. The van der Waals surface area contributed by atoms with Crippen molar-refractivity contribution in [1.29, 1.82) is 0 Å². The van der Waals surface area contributed by atoms with Gasteiger partial charge in [-0.25, -0.2) is 10.2 Å². The summed E-state index contributed by atoms with van der Waals surface area (Å²) >= 11 is 2.85. The van der Waals surface area contributed by atoms with E-state index in [1.54, 1.807) is 30.8 Å². The maximum atomic E-state index is 14.3. The van der Waals surface area contributed by atoms with Crippen LogP contribution in [0.2, 0.25) is 0 Å². The van der Waals surface area contributed by atoms with Crippen LogP contribution in [0.1, 0.15) is 35.1 Å². The van der Waals surface area contributed by atoms with Gasteiger partial charge in [-0.05, 0) is 102 Å². The molecule has 0 spiro atoms. The molecule has 4 aromatic carbocycles. The van der Waals surface area contributed by atoms with Crippen molar-refractivity contribution in [2.24, 2.45) is 5.73 Å². The average Bonchev–Trinajstić information content (AvgIpc) is 4.06. The summed E-state index contributed by atoms with van der Waals surface area (Å²) in [5.74, 6) is -5.36. The number of para-hydroxylation sites is 2. The Bertz CT molecular complexity index is 3030. The summed E-state index contributed by atoms with van der Waals surface area (Å²) in [5.41, 5.74) is 15.7. The van der Waals surface area contributed by atoms with E-state index in [4.69, 9.17) is 5.73 Å². The molecule has 6 rings (SSSR count). The van der Waals surface area contributed by atoms with Crippen molar-refractivity contribution in [2.45, 2.75) is 74.8 Å². The van der Waals surface area contributed by atoms with E-state index in [2.05, 4.69) is 52.7 Å². The topological polar surface area (TPSA) is 351 Å². The number of aromatic nitrogens is 2. The van der Waals surface area contributed by atoms with E-state index in [1.807, 2.05) is 54.8 Å². The lowest BCUT2D eigenvalue weighted by molar-refractivity contribution is -0.142. The number of thioether (sulfide) groups is 2. The third kappa shape index (κ3) is 17.8. The Morgan fingerprint density at radius 3 is 1.47 bits per heavy atom. The van der Waals surface area contributed by atoms with Crippen LogP contribution in [0.4, 0.5) is 0 Å². The average molecular weight is 1110 g/mol. The van der Waals surface area contributed by atoms with Crippen LogP contribution >= 0.6 is 23.5 Å². The van der Waals surface area contributed by atoms with Crippen molar-refractivity contribution >= 4 is 92.6 Å². The number of carboxylic acid groups (broad SMARTS) is 1. The molecule has 24 heteroatoms. The van der Waals surface area contributed by atoms with Crippen LogP contribution in [0.25, 0.3) is 21.8 Å².